The second-order valence-electron chi connectivity index (χ2n) is 19.7. The van der Waals surface area contributed by atoms with Crippen LogP contribution in [0, 0.1) is 0 Å². The first-order valence-corrected chi connectivity index (χ1v) is 24.2. The second kappa shape index (κ2) is 14.4. The number of fused-ring (bicyclic) bond motifs is 9. The summed E-state index contributed by atoms with van der Waals surface area (Å²) in [7, 11) is 0. The van der Waals surface area contributed by atoms with Crippen LogP contribution in [0.1, 0.15) is 92.7 Å². The van der Waals surface area contributed by atoms with E-state index in [-0.39, 0.29) is 17.8 Å². The molecule has 0 saturated heterocycles. The van der Waals surface area contributed by atoms with Crippen LogP contribution in [0.5, 0.6) is 0 Å². The van der Waals surface area contributed by atoms with E-state index < -0.39 is 5.41 Å². The highest BCUT2D eigenvalue weighted by Crippen LogP contribution is 2.65. The van der Waals surface area contributed by atoms with Crippen LogP contribution in [0.15, 0.2) is 188 Å². The minimum absolute atomic E-state index is 0.0215. The third-order valence-electron chi connectivity index (χ3n) is 16.6. The Hall–Kier alpha value is -6.78. The first-order chi connectivity index (χ1) is 32.0. The molecule has 1 fully saturated rings. The van der Waals surface area contributed by atoms with Gasteiger partial charge in [-0.3, -0.25) is 0 Å². The Morgan fingerprint density at radius 1 is 0.538 bits per heavy atom. The molecule has 8 aromatic rings. The Balaban J connectivity index is 1.16. The molecule has 2 atom stereocenters. The van der Waals surface area contributed by atoms with E-state index in [1.807, 2.05) is 0 Å². The Kier molecular flexibility index (Phi) is 8.54. The average molecular weight is 840 g/mol. The lowest BCUT2D eigenvalue weighted by Gasteiger charge is -2.56. The van der Waals surface area contributed by atoms with E-state index in [1.54, 1.807) is 0 Å². The summed E-state index contributed by atoms with van der Waals surface area (Å²) in [6.45, 7) is 7.52. The van der Waals surface area contributed by atoms with Gasteiger partial charge in [0.05, 0.1) is 11.1 Å². The fraction of sp³-hybridized carbons (Fsp3) is 0.213. The van der Waals surface area contributed by atoms with Crippen LogP contribution in [0.4, 0.5) is 39.8 Å². The number of unbranched alkanes of at least 4 members (excludes halogenated alkanes) is 1. The van der Waals surface area contributed by atoms with Gasteiger partial charge in [0.1, 0.15) is 0 Å². The highest BCUT2D eigenvalue weighted by atomic mass is 15.2. The molecule has 0 spiro atoms. The summed E-state index contributed by atoms with van der Waals surface area (Å²) < 4.78 is 0. The van der Waals surface area contributed by atoms with Crippen LogP contribution < -0.4 is 25.5 Å². The van der Waals surface area contributed by atoms with Crippen LogP contribution in [0.3, 0.4) is 0 Å². The number of para-hydroxylation sites is 4. The predicted octanol–water partition coefficient (Wildman–Crippen LogP) is 14.2. The molecule has 4 heterocycles. The molecule has 8 aromatic carbocycles. The minimum Gasteiger partial charge on any atom is -0.400 e. The fourth-order valence-electron chi connectivity index (χ4n) is 13.5. The molecular weight excluding hydrogens is 786 g/mol. The maximum absolute atomic E-state index is 2.96. The van der Waals surface area contributed by atoms with E-state index >= 15 is 0 Å². The van der Waals surface area contributed by atoms with Crippen LogP contribution in [0.2, 0.25) is 0 Å². The van der Waals surface area contributed by atoms with Gasteiger partial charge in [0, 0.05) is 50.6 Å². The Morgan fingerprint density at radius 2 is 1.17 bits per heavy atom. The summed E-state index contributed by atoms with van der Waals surface area (Å²) in [5, 5.41) is 0. The summed E-state index contributed by atoms with van der Waals surface area (Å²) in [4.78, 5) is 8.16. The number of benzene rings is 8. The number of rotatable bonds is 8. The van der Waals surface area contributed by atoms with Crippen molar-refractivity contribution in [2.45, 2.75) is 82.1 Å². The van der Waals surface area contributed by atoms with Gasteiger partial charge >= 0.3 is 6.85 Å². The van der Waals surface area contributed by atoms with Crippen molar-refractivity contribution in [1.82, 2.24) is 0 Å². The van der Waals surface area contributed by atoms with Crippen LogP contribution >= 0.6 is 0 Å². The number of nitrogens with zero attached hydrogens (tertiary/aromatic N) is 3. The molecule has 0 radical (unpaired) electrons. The molecule has 0 aromatic heterocycles. The molecular formula is C61H54BN3. The summed E-state index contributed by atoms with van der Waals surface area (Å²) >= 11 is 0. The maximum Gasteiger partial charge on any atom is 0.328 e. The standard InChI is InChI=1S/C61H54BN3/c1-4-5-21-42-34-36-46(37-35-42)63(45-26-13-8-14-27-45)47-40-49-48-28-19-30-51-57(48)65(60(3)39-18-17-38-59(51,60)2)62-53-32-20-31-52-58(53)64(55(41-47)56(49)62)54-33-16-15-29-50(54)61(52,43-22-9-6-10-23-43)44-24-11-7-12-25-44/h6-16,19-20,22-37,40-41H,4-5,17-18,21,38-39H2,1-3H3. The van der Waals surface area contributed by atoms with E-state index in [9.17, 15) is 0 Å². The van der Waals surface area contributed by atoms with E-state index in [1.165, 1.54) is 128 Å². The Bertz CT molecular complexity index is 3110. The molecule has 4 heteroatoms. The summed E-state index contributed by atoms with van der Waals surface area (Å²) in [5.74, 6) is 0. The second-order valence-corrected chi connectivity index (χ2v) is 19.7. The zero-order valence-corrected chi connectivity index (χ0v) is 37.8. The van der Waals surface area contributed by atoms with Gasteiger partial charge in [-0.25, -0.2) is 0 Å². The molecule has 65 heavy (non-hydrogen) atoms. The van der Waals surface area contributed by atoms with Crippen LogP contribution in [0.25, 0.3) is 11.1 Å². The molecule has 0 amide bonds. The topological polar surface area (TPSA) is 9.72 Å². The lowest BCUT2D eigenvalue weighted by atomic mass is 9.41. The predicted molar refractivity (Wildman–Crippen MR) is 273 cm³/mol. The van der Waals surface area contributed by atoms with Gasteiger partial charge in [-0.1, -0.05) is 179 Å². The van der Waals surface area contributed by atoms with Crippen molar-refractivity contribution in [2.75, 3.05) is 14.6 Å². The molecule has 3 nitrogen and oxygen atoms in total. The van der Waals surface area contributed by atoms with Gasteiger partial charge in [0.25, 0.3) is 0 Å². The molecule has 0 bridgehead atoms. The maximum atomic E-state index is 2.96. The normalized spacial score (nSPS) is 20.0. The lowest BCUT2D eigenvalue weighted by molar-refractivity contribution is 0.199. The van der Waals surface area contributed by atoms with Crippen molar-refractivity contribution in [1.29, 1.82) is 0 Å². The van der Waals surface area contributed by atoms with Crippen molar-refractivity contribution in [3.63, 3.8) is 0 Å². The summed E-state index contributed by atoms with van der Waals surface area (Å²) in [6, 6.07) is 72.0. The van der Waals surface area contributed by atoms with E-state index in [2.05, 4.69) is 223 Å². The van der Waals surface area contributed by atoms with Gasteiger partial charge < -0.3 is 14.6 Å². The molecule has 4 aliphatic heterocycles. The average Bonchev–Trinajstić information content (AvgIpc) is 3.57. The van der Waals surface area contributed by atoms with Crippen molar-refractivity contribution in [2.24, 2.45) is 0 Å². The first-order valence-electron chi connectivity index (χ1n) is 24.2. The van der Waals surface area contributed by atoms with Crippen LogP contribution in [-0.2, 0) is 17.3 Å². The van der Waals surface area contributed by atoms with E-state index in [0.717, 1.165) is 12.1 Å². The third kappa shape index (κ3) is 5.14. The highest BCUT2D eigenvalue weighted by molar-refractivity contribution is 6.93. The molecule has 1 saturated carbocycles. The van der Waals surface area contributed by atoms with Crippen molar-refractivity contribution in [3.05, 3.63) is 221 Å². The Morgan fingerprint density at radius 3 is 1.91 bits per heavy atom. The van der Waals surface area contributed by atoms with Gasteiger partial charge in [0.15, 0.2) is 0 Å². The van der Waals surface area contributed by atoms with Crippen molar-refractivity contribution >= 4 is 57.6 Å². The number of hydrogen-bond acceptors (Lipinski definition) is 3. The fourth-order valence-corrected chi connectivity index (χ4v) is 13.5. The highest BCUT2D eigenvalue weighted by Gasteiger charge is 2.63. The number of anilines is 7. The molecule has 13 rings (SSSR count). The first kappa shape index (κ1) is 38.7. The summed E-state index contributed by atoms with van der Waals surface area (Å²) in [5.41, 5.74) is 21.8. The summed E-state index contributed by atoms with van der Waals surface area (Å²) in [6.07, 6.45) is 8.38. The van der Waals surface area contributed by atoms with E-state index in [0.29, 0.717) is 0 Å². The van der Waals surface area contributed by atoms with E-state index in [4.69, 9.17) is 0 Å². The molecule has 0 N–H and O–H groups in total. The molecule has 5 aliphatic rings. The number of hydrogen-bond donors (Lipinski definition) is 0. The third-order valence-corrected chi connectivity index (χ3v) is 16.6. The van der Waals surface area contributed by atoms with Crippen LogP contribution in [-0.4, -0.2) is 12.4 Å². The van der Waals surface area contributed by atoms with Gasteiger partial charge in [-0.2, -0.15) is 0 Å². The van der Waals surface area contributed by atoms with Crippen molar-refractivity contribution in [3.8, 4) is 11.1 Å². The smallest absolute Gasteiger partial charge is 0.328 e. The van der Waals surface area contributed by atoms with Crippen molar-refractivity contribution < 1.29 is 0 Å². The SMILES string of the molecule is CCCCc1ccc(N(c2ccccc2)c2cc3c4c(c2)N2c5ccccc5C(c5ccccc5)(c5ccccc5)c5cccc(c52)B4N2c4c-3cccc4C3(C)CCCCC23C)cc1. The monoisotopic (exact) mass is 839 g/mol. The minimum atomic E-state index is -0.555. The lowest BCUT2D eigenvalue weighted by Crippen LogP contribution is -2.71. The quantitative estimate of drug-likeness (QED) is 0.141. The van der Waals surface area contributed by atoms with Gasteiger partial charge in [-0.15, -0.1) is 0 Å². The zero-order valence-electron chi connectivity index (χ0n) is 37.8. The Labute approximate surface area is 385 Å². The van der Waals surface area contributed by atoms with Gasteiger partial charge in [-0.05, 0) is 125 Å². The molecule has 1 aliphatic carbocycles. The van der Waals surface area contributed by atoms with Gasteiger partial charge in [0.2, 0.25) is 0 Å². The number of aryl methyl sites for hydroxylation is 1. The molecule has 2 unspecified atom stereocenters. The molecule has 316 valence electrons. The zero-order chi connectivity index (χ0) is 43.5. The largest absolute Gasteiger partial charge is 0.400 e.